The van der Waals surface area contributed by atoms with Gasteiger partial charge in [0.2, 0.25) is 0 Å². The number of hydrogen-bond acceptors (Lipinski definition) is 2. The molecular formula is C21H15OS. The Hall–Kier alpha value is -1.80. The Bertz CT molecular complexity index is 808. The number of fused-ring (bicyclic) bond motifs is 2. The molecule has 0 N–H and O–H groups in total. The van der Waals surface area contributed by atoms with Gasteiger partial charge in [0.05, 0.1) is 5.92 Å². The fourth-order valence-electron chi connectivity index (χ4n) is 2.99. The Kier molecular flexibility index (Phi) is 4.09. The molecule has 0 spiro atoms. The highest BCUT2D eigenvalue weighted by atomic mass is 32.2. The van der Waals surface area contributed by atoms with Crippen LogP contribution in [-0.4, -0.2) is 5.12 Å². The van der Waals surface area contributed by atoms with Crippen molar-refractivity contribution in [2.75, 3.05) is 0 Å². The van der Waals surface area contributed by atoms with Gasteiger partial charge in [-0.05, 0) is 58.9 Å². The number of benzene rings is 3. The van der Waals surface area contributed by atoms with E-state index in [-0.39, 0.29) is 5.12 Å². The molecule has 1 fully saturated rings. The van der Waals surface area contributed by atoms with Gasteiger partial charge in [-0.25, -0.2) is 0 Å². The van der Waals surface area contributed by atoms with Crippen molar-refractivity contribution in [3.8, 4) is 0 Å². The van der Waals surface area contributed by atoms with Crippen molar-refractivity contribution >= 4 is 38.4 Å². The minimum Gasteiger partial charge on any atom is -0.287 e. The largest absolute Gasteiger partial charge is 0.287 e. The zero-order valence-electron chi connectivity index (χ0n) is 12.5. The van der Waals surface area contributed by atoms with Crippen LogP contribution in [0.4, 0.5) is 0 Å². The first-order valence-corrected chi connectivity index (χ1v) is 8.60. The predicted molar refractivity (Wildman–Crippen MR) is 98.2 cm³/mol. The fourth-order valence-corrected chi connectivity index (χ4v) is 3.88. The molecule has 5 radical (unpaired) electrons. The second-order valence-electron chi connectivity index (χ2n) is 5.55. The van der Waals surface area contributed by atoms with Crippen molar-refractivity contribution in [1.29, 1.82) is 0 Å². The molecule has 0 atom stereocenters. The third-order valence-corrected chi connectivity index (χ3v) is 5.06. The van der Waals surface area contributed by atoms with E-state index in [1.807, 2.05) is 25.7 Å². The summed E-state index contributed by atoms with van der Waals surface area (Å²) >= 11 is 1.38. The second-order valence-corrected chi connectivity index (χ2v) is 6.50. The second kappa shape index (κ2) is 6.37. The lowest BCUT2D eigenvalue weighted by atomic mass is 9.98. The number of carbonyl (C=O) groups excluding carboxylic acids is 1. The van der Waals surface area contributed by atoms with Gasteiger partial charge in [0, 0.05) is 5.75 Å². The van der Waals surface area contributed by atoms with Crippen LogP contribution in [0.3, 0.4) is 0 Å². The molecule has 4 rings (SSSR count). The molecule has 3 aromatic rings. The van der Waals surface area contributed by atoms with E-state index in [1.165, 1.54) is 38.9 Å². The third kappa shape index (κ3) is 2.88. The zero-order valence-corrected chi connectivity index (χ0v) is 13.3. The highest BCUT2D eigenvalue weighted by Crippen LogP contribution is 2.34. The normalized spacial score (nSPS) is 15.5. The molecule has 1 saturated carbocycles. The minimum atomic E-state index is 0.131. The van der Waals surface area contributed by atoms with Gasteiger partial charge < -0.3 is 0 Å². The van der Waals surface area contributed by atoms with E-state index in [2.05, 4.69) is 54.6 Å². The van der Waals surface area contributed by atoms with Crippen molar-refractivity contribution in [3.63, 3.8) is 0 Å². The molecule has 23 heavy (non-hydrogen) atoms. The molecule has 0 unspecified atom stereocenters. The summed E-state index contributed by atoms with van der Waals surface area (Å²) in [6.45, 7) is 0. The smallest absolute Gasteiger partial charge is 0.197 e. The summed E-state index contributed by atoms with van der Waals surface area (Å²) in [4.78, 5) is 12.3. The molecule has 1 nitrogen and oxygen atoms in total. The first kappa shape index (κ1) is 14.8. The highest BCUT2D eigenvalue weighted by Gasteiger charge is 2.25. The van der Waals surface area contributed by atoms with E-state index < -0.39 is 0 Å². The van der Waals surface area contributed by atoms with Crippen molar-refractivity contribution in [2.24, 2.45) is 0 Å². The Morgan fingerprint density at radius 1 is 0.826 bits per heavy atom. The topological polar surface area (TPSA) is 17.1 Å². The predicted octanol–water partition coefficient (Wildman–Crippen LogP) is 5.16. The van der Waals surface area contributed by atoms with E-state index in [4.69, 9.17) is 0 Å². The van der Waals surface area contributed by atoms with Gasteiger partial charge in [0.1, 0.15) is 0 Å². The number of thioether (sulfide) groups is 1. The molecule has 0 aromatic heterocycles. The maximum atomic E-state index is 12.3. The molecule has 0 saturated heterocycles. The minimum absolute atomic E-state index is 0.131. The molecule has 1 aliphatic carbocycles. The molecule has 1 aliphatic rings. The fraction of sp³-hybridized carbons (Fsp3) is 0.0476. The van der Waals surface area contributed by atoms with Crippen molar-refractivity contribution in [1.82, 2.24) is 0 Å². The van der Waals surface area contributed by atoms with E-state index in [0.29, 0.717) is 5.75 Å². The first-order chi connectivity index (χ1) is 11.3. The zero-order chi connectivity index (χ0) is 15.6. The van der Waals surface area contributed by atoms with Crippen molar-refractivity contribution in [2.45, 2.75) is 5.75 Å². The van der Waals surface area contributed by atoms with E-state index in [9.17, 15) is 4.79 Å². The summed E-state index contributed by atoms with van der Waals surface area (Å²) in [7, 11) is 0. The van der Waals surface area contributed by atoms with Gasteiger partial charge in [-0.15, -0.1) is 0 Å². The quantitative estimate of drug-likeness (QED) is 0.621. The molecule has 0 bridgehead atoms. The van der Waals surface area contributed by atoms with Crippen LogP contribution >= 0.6 is 11.8 Å². The van der Waals surface area contributed by atoms with E-state index in [1.54, 1.807) is 0 Å². The average molecular weight is 315 g/mol. The van der Waals surface area contributed by atoms with Crippen LogP contribution in [-0.2, 0) is 10.5 Å². The Labute approximate surface area is 141 Å². The van der Waals surface area contributed by atoms with Gasteiger partial charge in [-0.1, -0.05) is 60.3 Å². The molecule has 3 aromatic carbocycles. The number of carbonyl (C=O) groups is 1. The lowest BCUT2D eigenvalue weighted by Gasteiger charge is -2.12. The third-order valence-electron chi connectivity index (χ3n) is 4.13. The first-order valence-electron chi connectivity index (χ1n) is 7.61. The van der Waals surface area contributed by atoms with Crippen molar-refractivity contribution in [3.05, 3.63) is 91.8 Å². The van der Waals surface area contributed by atoms with Crippen LogP contribution in [0.15, 0.2) is 54.6 Å². The lowest BCUT2D eigenvalue weighted by Crippen LogP contribution is -2.05. The molecule has 111 valence electrons. The van der Waals surface area contributed by atoms with Gasteiger partial charge in [-0.2, -0.15) is 0 Å². The standard InChI is InChI=1S/C21H15OS/c22-21(15-7-1-2-8-15)23-14-20-18-11-5-3-9-16(18)13-17-10-4-6-12-19(17)20/h1-13H,14H2. The summed E-state index contributed by atoms with van der Waals surface area (Å²) in [6, 6.07) is 19.0. The van der Waals surface area contributed by atoms with Crippen LogP contribution in [0.25, 0.3) is 21.5 Å². The highest BCUT2D eigenvalue weighted by molar-refractivity contribution is 8.13. The van der Waals surface area contributed by atoms with Gasteiger partial charge in [-0.3, -0.25) is 4.79 Å². The molecular weight excluding hydrogens is 300 g/mol. The van der Waals surface area contributed by atoms with Crippen LogP contribution in [0, 0.1) is 31.6 Å². The van der Waals surface area contributed by atoms with Gasteiger partial charge >= 0.3 is 0 Å². The average Bonchev–Trinajstić information content (AvgIpc) is 3.13. The Morgan fingerprint density at radius 3 is 2.00 bits per heavy atom. The number of rotatable bonds is 3. The van der Waals surface area contributed by atoms with Crippen molar-refractivity contribution < 1.29 is 4.79 Å². The molecule has 2 heteroatoms. The molecule has 0 amide bonds. The summed E-state index contributed by atoms with van der Waals surface area (Å²) < 4.78 is 0. The maximum absolute atomic E-state index is 12.3. The summed E-state index contributed by atoms with van der Waals surface area (Å²) in [5.41, 5.74) is 1.24. The Morgan fingerprint density at radius 2 is 1.39 bits per heavy atom. The monoisotopic (exact) mass is 315 g/mol. The van der Waals surface area contributed by atoms with E-state index >= 15 is 0 Å². The lowest BCUT2D eigenvalue weighted by molar-refractivity contribution is -0.108. The summed E-state index contributed by atoms with van der Waals surface area (Å²) in [6.07, 6.45) is 7.55. The van der Waals surface area contributed by atoms with Crippen LogP contribution in [0.5, 0.6) is 0 Å². The van der Waals surface area contributed by atoms with Crippen LogP contribution < -0.4 is 0 Å². The number of hydrogen-bond donors (Lipinski definition) is 0. The molecule has 0 heterocycles. The summed E-state index contributed by atoms with van der Waals surface area (Å²) in [5, 5.41) is 5.04. The van der Waals surface area contributed by atoms with Crippen LogP contribution in [0.1, 0.15) is 5.56 Å². The van der Waals surface area contributed by atoms with Gasteiger partial charge in [0.25, 0.3) is 0 Å². The SMILES string of the molecule is O=C(SCc1c2ccccc2cc2ccccc12)[C]1[CH][CH][CH][CH]1. The Balaban J connectivity index is 1.72. The maximum Gasteiger partial charge on any atom is 0.197 e. The summed E-state index contributed by atoms with van der Waals surface area (Å²) in [5.74, 6) is 1.46. The van der Waals surface area contributed by atoms with Crippen LogP contribution in [0.2, 0.25) is 0 Å². The molecule has 0 aliphatic heterocycles. The van der Waals surface area contributed by atoms with E-state index in [0.717, 1.165) is 5.92 Å². The van der Waals surface area contributed by atoms with Gasteiger partial charge in [0.15, 0.2) is 5.12 Å².